The molecule has 3 amide bonds. The summed E-state index contributed by atoms with van der Waals surface area (Å²) in [7, 11) is 0. The van der Waals surface area contributed by atoms with Gasteiger partial charge in [-0.15, -0.1) is 10.2 Å². The highest BCUT2D eigenvalue weighted by atomic mass is 16.2. The number of carbonyl (C=O) groups excluding carboxylic acids is 2. The molecule has 0 saturated carbocycles. The maximum atomic E-state index is 13.2. The molecule has 1 N–H and O–H groups in total. The number of amides is 3. The van der Waals surface area contributed by atoms with Crippen molar-refractivity contribution >= 4 is 29.1 Å². The van der Waals surface area contributed by atoms with E-state index in [4.69, 9.17) is 0 Å². The first-order chi connectivity index (χ1) is 14.6. The largest absolute Gasteiger partial charge is 0.347 e. The molecule has 0 bridgehead atoms. The fourth-order valence-electron chi connectivity index (χ4n) is 4.11. The number of hydrogen-bond acceptors (Lipinski definition) is 6. The lowest BCUT2D eigenvalue weighted by atomic mass is 10.1. The van der Waals surface area contributed by atoms with Crippen molar-refractivity contribution in [1.29, 1.82) is 0 Å². The summed E-state index contributed by atoms with van der Waals surface area (Å²) in [5.41, 5.74) is 2.04. The number of hydrogen-bond donors (Lipinski definition) is 1. The number of benzene rings is 1. The summed E-state index contributed by atoms with van der Waals surface area (Å²) in [5.74, 6) is 0.744. The first kappa shape index (κ1) is 18.3. The van der Waals surface area contributed by atoms with Crippen LogP contribution in [0.15, 0.2) is 43.0 Å². The first-order valence-electron chi connectivity index (χ1n) is 9.97. The minimum Gasteiger partial charge on any atom is -0.347 e. The van der Waals surface area contributed by atoms with E-state index in [0.29, 0.717) is 43.9 Å². The number of rotatable bonds is 3. The van der Waals surface area contributed by atoms with Gasteiger partial charge in [-0.1, -0.05) is 6.07 Å². The molecule has 3 aromatic rings. The average molecular weight is 406 g/mol. The normalized spacial score (nSPS) is 19.4. The SMILES string of the molecule is CC1CN(C(=O)c2cccc(N3CCNC3=O)c2)CCN1c1nccn2cnnc12. The summed E-state index contributed by atoms with van der Waals surface area (Å²) in [6.07, 6.45) is 5.20. The number of carbonyl (C=O) groups is 2. The van der Waals surface area contributed by atoms with Gasteiger partial charge in [0.05, 0.1) is 0 Å². The van der Waals surface area contributed by atoms with E-state index in [2.05, 4.69) is 32.3 Å². The Morgan fingerprint density at radius 3 is 2.93 bits per heavy atom. The number of urea groups is 1. The summed E-state index contributed by atoms with van der Waals surface area (Å²) in [5, 5.41) is 10.9. The molecule has 0 radical (unpaired) electrons. The second-order valence-corrected chi connectivity index (χ2v) is 7.54. The molecule has 0 aliphatic carbocycles. The molecule has 2 aliphatic rings. The van der Waals surface area contributed by atoms with Crippen molar-refractivity contribution in [3.8, 4) is 0 Å². The highest BCUT2D eigenvalue weighted by Gasteiger charge is 2.30. The molecule has 1 atom stereocenters. The van der Waals surface area contributed by atoms with Crippen LogP contribution in [-0.4, -0.2) is 75.2 Å². The fourth-order valence-corrected chi connectivity index (χ4v) is 4.11. The van der Waals surface area contributed by atoms with E-state index in [1.54, 1.807) is 29.6 Å². The summed E-state index contributed by atoms with van der Waals surface area (Å²) in [6, 6.07) is 7.22. The van der Waals surface area contributed by atoms with Crippen LogP contribution in [-0.2, 0) is 0 Å². The van der Waals surface area contributed by atoms with Crippen LogP contribution in [0.4, 0.5) is 16.3 Å². The molecular weight excluding hydrogens is 384 g/mol. The van der Waals surface area contributed by atoms with Gasteiger partial charge in [0, 0.05) is 62.4 Å². The lowest BCUT2D eigenvalue weighted by molar-refractivity contribution is 0.0726. The van der Waals surface area contributed by atoms with E-state index in [1.165, 1.54) is 0 Å². The minimum absolute atomic E-state index is 0.0309. The number of nitrogens with zero attached hydrogens (tertiary/aromatic N) is 7. The molecule has 30 heavy (non-hydrogen) atoms. The van der Waals surface area contributed by atoms with Crippen molar-refractivity contribution in [2.45, 2.75) is 13.0 Å². The third kappa shape index (κ3) is 3.10. The van der Waals surface area contributed by atoms with E-state index in [0.717, 1.165) is 11.5 Å². The van der Waals surface area contributed by atoms with Crippen molar-refractivity contribution in [2.75, 3.05) is 42.5 Å². The van der Waals surface area contributed by atoms with E-state index >= 15 is 0 Å². The van der Waals surface area contributed by atoms with Gasteiger partial charge in [0.2, 0.25) is 5.65 Å². The van der Waals surface area contributed by atoms with Gasteiger partial charge < -0.3 is 15.1 Å². The standard InChI is InChI=1S/C20H22N8O2/c1-14-12-25(9-10-27(14)17-18-24-23-13-26(18)7-5-21-17)19(29)15-3-2-4-16(11-15)28-8-6-22-20(28)30/h2-5,7,11,13-14H,6,8-10,12H2,1H3,(H,22,30). The van der Waals surface area contributed by atoms with Crippen molar-refractivity contribution in [3.63, 3.8) is 0 Å². The second-order valence-electron chi connectivity index (χ2n) is 7.54. The van der Waals surface area contributed by atoms with E-state index in [1.807, 2.05) is 27.6 Å². The number of nitrogens with one attached hydrogen (secondary N) is 1. The summed E-state index contributed by atoms with van der Waals surface area (Å²) in [4.78, 5) is 35.3. The van der Waals surface area contributed by atoms with E-state index in [-0.39, 0.29) is 18.0 Å². The van der Waals surface area contributed by atoms with Gasteiger partial charge >= 0.3 is 6.03 Å². The van der Waals surface area contributed by atoms with Crippen molar-refractivity contribution in [2.24, 2.45) is 0 Å². The van der Waals surface area contributed by atoms with Crippen molar-refractivity contribution < 1.29 is 9.59 Å². The maximum Gasteiger partial charge on any atom is 0.321 e. The number of anilines is 2. The number of fused-ring (bicyclic) bond motifs is 1. The van der Waals surface area contributed by atoms with Crippen LogP contribution in [0, 0.1) is 0 Å². The highest BCUT2D eigenvalue weighted by Crippen LogP contribution is 2.24. The van der Waals surface area contributed by atoms with Crippen molar-refractivity contribution in [3.05, 3.63) is 48.5 Å². The molecule has 1 unspecified atom stereocenters. The van der Waals surface area contributed by atoms with Crippen LogP contribution >= 0.6 is 0 Å². The molecule has 2 aromatic heterocycles. The Morgan fingerprint density at radius 1 is 1.23 bits per heavy atom. The van der Waals surface area contributed by atoms with Crippen LogP contribution < -0.4 is 15.1 Å². The second kappa shape index (κ2) is 7.29. The lowest BCUT2D eigenvalue weighted by Crippen LogP contribution is -2.54. The summed E-state index contributed by atoms with van der Waals surface area (Å²) < 4.78 is 1.84. The van der Waals surface area contributed by atoms with Crippen molar-refractivity contribution in [1.82, 2.24) is 29.8 Å². The Kier molecular flexibility index (Phi) is 4.46. The molecule has 4 heterocycles. The average Bonchev–Trinajstić information content (AvgIpc) is 3.42. The molecule has 2 fully saturated rings. The molecule has 5 rings (SSSR count). The molecule has 2 saturated heterocycles. The van der Waals surface area contributed by atoms with E-state index in [9.17, 15) is 9.59 Å². The molecule has 10 heteroatoms. The molecule has 154 valence electrons. The van der Waals surface area contributed by atoms with Gasteiger partial charge in [-0.25, -0.2) is 9.78 Å². The van der Waals surface area contributed by atoms with Crippen LogP contribution in [0.5, 0.6) is 0 Å². The van der Waals surface area contributed by atoms with Gasteiger partial charge in [0.1, 0.15) is 6.33 Å². The zero-order chi connectivity index (χ0) is 20.7. The zero-order valence-corrected chi connectivity index (χ0v) is 16.6. The Morgan fingerprint density at radius 2 is 2.13 bits per heavy atom. The summed E-state index contributed by atoms with van der Waals surface area (Å²) >= 11 is 0. The molecule has 1 aromatic carbocycles. The van der Waals surface area contributed by atoms with Crippen LogP contribution in [0.3, 0.4) is 0 Å². The molecule has 10 nitrogen and oxygen atoms in total. The monoisotopic (exact) mass is 406 g/mol. The quantitative estimate of drug-likeness (QED) is 0.697. The minimum atomic E-state index is -0.128. The third-order valence-corrected chi connectivity index (χ3v) is 5.65. The fraction of sp³-hybridized carbons (Fsp3) is 0.350. The highest BCUT2D eigenvalue weighted by molar-refractivity contribution is 5.98. The van der Waals surface area contributed by atoms with Crippen LogP contribution in [0.2, 0.25) is 0 Å². The predicted octanol–water partition coefficient (Wildman–Crippen LogP) is 1.00. The van der Waals surface area contributed by atoms with Gasteiger partial charge in [-0.2, -0.15) is 0 Å². The lowest BCUT2D eigenvalue weighted by Gasteiger charge is -2.40. The van der Waals surface area contributed by atoms with Gasteiger partial charge in [-0.05, 0) is 25.1 Å². The Balaban J connectivity index is 1.33. The molecule has 0 spiro atoms. The third-order valence-electron chi connectivity index (χ3n) is 5.65. The van der Waals surface area contributed by atoms with E-state index < -0.39 is 0 Å². The molecule has 2 aliphatic heterocycles. The zero-order valence-electron chi connectivity index (χ0n) is 16.6. The van der Waals surface area contributed by atoms with Gasteiger partial charge in [-0.3, -0.25) is 14.1 Å². The molecular formula is C20H22N8O2. The Hall–Kier alpha value is -3.69. The topological polar surface area (TPSA) is 99.0 Å². The number of aromatic nitrogens is 4. The van der Waals surface area contributed by atoms with Gasteiger partial charge in [0.25, 0.3) is 5.91 Å². The maximum absolute atomic E-state index is 13.2. The van der Waals surface area contributed by atoms with Gasteiger partial charge in [0.15, 0.2) is 5.82 Å². The number of piperazine rings is 1. The summed E-state index contributed by atoms with van der Waals surface area (Å²) in [6.45, 7) is 5.10. The predicted molar refractivity (Wildman–Crippen MR) is 111 cm³/mol. The Labute approximate surface area is 173 Å². The van der Waals surface area contributed by atoms with Crippen LogP contribution in [0.1, 0.15) is 17.3 Å². The van der Waals surface area contributed by atoms with Crippen LogP contribution in [0.25, 0.3) is 5.65 Å². The smallest absolute Gasteiger partial charge is 0.321 e. The Bertz CT molecular complexity index is 1110. The first-order valence-corrected chi connectivity index (χ1v) is 9.97.